The second kappa shape index (κ2) is 7.82. The fraction of sp³-hybridized carbons (Fsp3) is 0.650. The molecule has 3 rings (SSSR count). The summed E-state index contributed by atoms with van der Waals surface area (Å²) in [7, 11) is 0. The minimum atomic E-state index is -0.344. The number of hydrogen-bond acceptors (Lipinski definition) is 3. The molecule has 0 amide bonds. The Morgan fingerprint density at radius 1 is 1.38 bits per heavy atom. The molecule has 2 aliphatic rings. The summed E-state index contributed by atoms with van der Waals surface area (Å²) in [6, 6.07) is 5.35. The maximum Gasteiger partial charge on any atom is 0.191 e. The highest BCUT2D eigenvalue weighted by Gasteiger charge is 2.59. The van der Waals surface area contributed by atoms with Crippen LogP contribution < -0.4 is 15.4 Å². The second-order valence-electron chi connectivity index (χ2n) is 7.58. The predicted molar refractivity (Wildman–Crippen MR) is 101 cm³/mol. The molecule has 1 aromatic rings. The first kappa shape index (κ1) is 19.0. The standard InChI is InChI=1S/C20H30FN3O2/c1-5-22-19(24-17-14-9-10-26-18(14)20(17,3)4)23-12-13-7-8-16(25-6-2)15(21)11-13/h7-8,11,14,17-18H,5-6,9-10,12H2,1-4H3,(H2,22,23,24). The van der Waals surface area contributed by atoms with Crippen LogP contribution in [0.4, 0.5) is 4.39 Å². The van der Waals surface area contributed by atoms with E-state index in [9.17, 15) is 4.39 Å². The summed E-state index contributed by atoms with van der Waals surface area (Å²) in [5, 5.41) is 6.87. The molecule has 5 nitrogen and oxygen atoms in total. The Hall–Kier alpha value is -1.82. The van der Waals surface area contributed by atoms with E-state index in [4.69, 9.17) is 9.47 Å². The molecule has 3 atom stereocenters. The van der Waals surface area contributed by atoms with Gasteiger partial charge in [0.25, 0.3) is 0 Å². The molecule has 1 aliphatic heterocycles. The van der Waals surface area contributed by atoms with E-state index in [1.54, 1.807) is 6.07 Å². The van der Waals surface area contributed by atoms with Crippen LogP contribution in [0, 0.1) is 17.2 Å². The predicted octanol–water partition coefficient (Wildman–Crippen LogP) is 3.09. The molecule has 1 saturated heterocycles. The average Bonchev–Trinajstić information content (AvgIpc) is 3.06. The van der Waals surface area contributed by atoms with Gasteiger partial charge in [-0.15, -0.1) is 0 Å². The molecular weight excluding hydrogens is 333 g/mol. The van der Waals surface area contributed by atoms with Crippen molar-refractivity contribution in [2.45, 2.75) is 52.8 Å². The Balaban J connectivity index is 1.67. The number of fused-ring (bicyclic) bond motifs is 1. The lowest BCUT2D eigenvalue weighted by Crippen LogP contribution is -2.67. The number of aliphatic imine (C=N–C) groups is 1. The molecule has 3 unspecified atom stereocenters. The third-order valence-corrected chi connectivity index (χ3v) is 5.45. The Morgan fingerprint density at radius 2 is 2.19 bits per heavy atom. The number of guanidine groups is 1. The van der Waals surface area contributed by atoms with Crippen LogP contribution in [0.3, 0.4) is 0 Å². The van der Waals surface area contributed by atoms with Crippen molar-refractivity contribution in [3.8, 4) is 5.75 Å². The minimum absolute atomic E-state index is 0.0859. The molecule has 6 heteroatoms. The molecule has 1 aliphatic carbocycles. The van der Waals surface area contributed by atoms with Crippen molar-refractivity contribution in [1.82, 2.24) is 10.6 Å². The van der Waals surface area contributed by atoms with Gasteiger partial charge in [0.1, 0.15) is 0 Å². The molecule has 1 saturated carbocycles. The van der Waals surface area contributed by atoms with Crippen molar-refractivity contribution in [3.63, 3.8) is 0 Å². The van der Waals surface area contributed by atoms with E-state index in [-0.39, 0.29) is 17.0 Å². The van der Waals surface area contributed by atoms with Gasteiger partial charge in [0.2, 0.25) is 0 Å². The summed E-state index contributed by atoms with van der Waals surface area (Å²) >= 11 is 0. The Bertz CT molecular complexity index is 662. The van der Waals surface area contributed by atoms with Crippen molar-refractivity contribution in [2.75, 3.05) is 19.8 Å². The van der Waals surface area contributed by atoms with E-state index >= 15 is 0 Å². The monoisotopic (exact) mass is 363 g/mol. The third kappa shape index (κ3) is 3.65. The Kier molecular flexibility index (Phi) is 5.70. The van der Waals surface area contributed by atoms with E-state index in [0.29, 0.717) is 31.2 Å². The highest BCUT2D eigenvalue weighted by atomic mass is 19.1. The van der Waals surface area contributed by atoms with Crippen LogP contribution in [0.5, 0.6) is 5.75 Å². The second-order valence-corrected chi connectivity index (χ2v) is 7.58. The van der Waals surface area contributed by atoms with E-state index in [1.165, 1.54) is 6.07 Å². The summed E-state index contributed by atoms with van der Waals surface area (Å²) < 4.78 is 25.1. The number of halogens is 1. The van der Waals surface area contributed by atoms with Gasteiger partial charge in [0, 0.05) is 30.5 Å². The van der Waals surface area contributed by atoms with Gasteiger partial charge >= 0.3 is 0 Å². The first-order chi connectivity index (χ1) is 12.5. The fourth-order valence-corrected chi connectivity index (χ4v) is 4.17. The van der Waals surface area contributed by atoms with E-state index < -0.39 is 0 Å². The quantitative estimate of drug-likeness (QED) is 0.602. The van der Waals surface area contributed by atoms with Crippen molar-refractivity contribution < 1.29 is 13.9 Å². The van der Waals surface area contributed by atoms with E-state index in [2.05, 4.69) is 29.5 Å². The lowest BCUT2D eigenvalue weighted by Gasteiger charge is -2.54. The van der Waals surface area contributed by atoms with Gasteiger partial charge < -0.3 is 20.1 Å². The smallest absolute Gasteiger partial charge is 0.191 e. The van der Waals surface area contributed by atoms with Gasteiger partial charge in [-0.1, -0.05) is 19.9 Å². The number of hydrogen-bond donors (Lipinski definition) is 2. The Morgan fingerprint density at radius 3 is 2.88 bits per heavy atom. The minimum Gasteiger partial charge on any atom is -0.491 e. The van der Waals surface area contributed by atoms with E-state index in [1.807, 2.05) is 19.9 Å². The topological polar surface area (TPSA) is 54.9 Å². The molecule has 0 radical (unpaired) electrons. The summed E-state index contributed by atoms with van der Waals surface area (Å²) in [5.74, 6) is 1.25. The lowest BCUT2D eigenvalue weighted by atomic mass is 9.57. The molecule has 0 spiro atoms. The highest BCUT2D eigenvalue weighted by molar-refractivity contribution is 5.80. The zero-order valence-electron chi connectivity index (χ0n) is 16.1. The van der Waals surface area contributed by atoms with Gasteiger partial charge in [-0.3, -0.25) is 0 Å². The van der Waals surface area contributed by atoms with E-state index in [0.717, 1.165) is 31.1 Å². The molecule has 0 bridgehead atoms. The fourth-order valence-electron chi connectivity index (χ4n) is 4.17. The van der Waals surface area contributed by atoms with Gasteiger partial charge in [-0.05, 0) is 38.0 Å². The van der Waals surface area contributed by atoms with Crippen LogP contribution in [-0.4, -0.2) is 37.9 Å². The normalized spacial score (nSPS) is 26.8. The molecule has 26 heavy (non-hydrogen) atoms. The van der Waals surface area contributed by atoms with Gasteiger partial charge in [-0.2, -0.15) is 0 Å². The number of nitrogens with zero attached hydrogens (tertiary/aromatic N) is 1. The Labute approximate surface area is 155 Å². The third-order valence-electron chi connectivity index (χ3n) is 5.45. The maximum absolute atomic E-state index is 14.0. The number of nitrogens with one attached hydrogen (secondary N) is 2. The number of benzene rings is 1. The highest BCUT2D eigenvalue weighted by Crippen LogP contribution is 2.52. The van der Waals surface area contributed by atoms with Gasteiger partial charge in [-0.25, -0.2) is 9.38 Å². The zero-order chi connectivity index (χ0) is 18.7. The summed E-state index contributed by atoms with van der Waals surface area (Å²) in [6.07, 6.45) is 1.43. The molecule has 1 heterocycles. The van der Waals surface area contributed by atoms with Crippen molar-refractivity contribution >= 4 is 5.96 Å². The summed E-state index contributed by atoms with van der Waals surface area (Å²) in [5.41, 5.74) is 0.904. The maximum atomic E-state index is 14.0. The SMILES string of the molecule is CCNC(=NCc1ccc(OCC)c(F)c1)NC1C2CCOC2C1(C)C. The van der Waals surface area contributed by atoms with Crippen molar-refractivity contribution in [1.29, 1.82) is 0 Å². The molecule has 0 aromatic heterocycles. The average molecular weight is 363 g/mol. The first-order valence-electron chi connectivity index (χ1n) is 9.55. The number of rotatable bonds is 6. The zero-order valence-corrected chi connectivity index (χ0v) is 16.1. The van der Waals surface area contributed by atoms with Crippen LogP contribution in [0.1, 0.15) is 39.7 Å². The summed E-state index contributed by atoms with van der Waals surface area (Å²) in [4.78, 5) is 4.65. The van der Waals surface area contributed by atoms with Crippen LogP contribution in [0.25, 0.3) is 0 Å². The molecule has 2 N–H and O–H groups in total. The molecule has 144 valence electrons. The largest absolute Gasteiger partial charge is 0.491 e. The number of ether oxygens (including phenoxy) is 2. The molecular formula is C20H30FN3O2. The van der Waals surface area contributed by atoms with Gasteiger partial charge in [0.05, 0.1) is 19.3 Å². The van der Waals surface area contributed by atoms with Crippen molar-refractivity contribution in [3.05, 3.63) is 29.6 Å². The molecule has 2 fully saturated rings. The lowest BCUT2D eigenvalue weighted by molar-refractivity contribution is -0.106. The summed E-state index contributed by atoms with van der Waals surface area (Å²) in [6.45, 7) is 10.8. The van der Waals surface area contributed by atoms with Crippen LogP contribution in [0.15, 0.2) is 23.2 Å². The van der Waals surface area contributed by atoms with Crippen LogP contribution >= 0.6 is 0 Å². The van der Waals surface area contributed by atoms with Crippen LogP contribution in [0.2, 0.25) is 0 Å². The first-order valence-corrected chi connectivity index (χ1v) is 9.55. The van der Waals surface area contributed by atoms with Crippen LogP contribution in [-0.2, 0) is 11.3 Å². The van der Waals surface area contributed by atoms with Gasteiger partial charge in [0.15, 0.2) is 17.5 Å². The molecule has 1 aromatic carbocycles. The van der Waals surface area contributed by atoms with Crippen molar-refractivity contribution in [2.24, 2.45) is 16.3 Å².